The van der Waals surface area contributed by atoms with Gasteiger partial charge >= 0.3 is 22.4 Å². The number of benzene rings is 1. The minimum atomic E-state index is -4.66. The first-order valence-electron chi connectivity index (χ1n) is 16.5. The highest BCUT2D eigenvalue weighted by atomic mass is 32.2. The molecule has 2 aliphatic rings. The fourth-order valence-electron chi connectivity index (χ4n) is 5.33. The minimum absolute atomic E-state index is 0.0667. The van der Waals surface area contributed by atoms with Crippen LogP contribution in [-0.2, 0) is 43.0 Å². The molecule has 0 saturated carbocycles. The Balaban J connectivity index is 1.30. The molecule has 2 fully saturated rings. The Bertz CT molecular complexity index is 1790. The number of non-ortho nitro benzene ring substituents is 1. The zero-order valence-electron chi connectivity index (χ0n) is 29.8. The first-order valence-corrected chi connectivity index (χ1v) is 17.9. The first-order chi connectivity index (χ1) is 24.2. The summed E-state index contributed by atoms with van der Waals surface area (Å²) in [6.45, 7) is 11.3. The average molecular weight is 750 g/mol. The number of amides is 2. The van der Waals surface area contributed by atoms with Crippen molar-refractivity contribution < 1.29 is 60.0 Å². The molecule has 17 nitrogen and oxygen atoms in total. The molecular weight excluding hydrogens is 706 g/mol. The highest BCUT2D eigenvalue weighted by Gasteiger charge is 2.55. The topological polar surface area (TPSA) is 221 Å². The molecule has 0 aliphatic carbocycles. The fraction of sp³-hybridized carbons (Fsp3) is 0.559. The molecule has 0 spiro atoms. The molecule has 2 aromatic rings. The van der Waals surface area contributed by atoms with E-state index in [0.29, 0.717) is 5.56 Å². The van der Waals surface area contributed by atoms with Crippen molar-refractivity contribution in [3.8, 4) is 11.8 Å². The maximum absolute atomic E-state index is 12.9. The number of carbonyl (C=O) groups excluding carboxylic acids is 3. The van der Waals surface area contributed by atoms with Crippen LogP contribution < -0.4 is 10.0 Å². The molecule has 1 aromatic carbocycles. The Kier molecular flexibility index (Phi) is 12.7. The third-order valence-electron chi connectivity index (χ3n) is 7.42. The van der Waals surface area contributed by atoms with Gasteiger partial charge in [0.1, 0.15) is 30.0 Å². The number of nitro benzene ring substituents is 1. The second-order valence-corrected chi connectivity index (χ2v) is 15.3. The number of hydrogen-bond acceptors (Lipinski definition) is 14. The van der Waals surface area contributed by atoms with E-state index in [9.17, 15) is 32.9 Å². The quantitative estimate of drug-likeness (QED) is 0.129. The normalized spacial score (nSPS) is 21.4. The highest BCUT2D eigenvalue weighted by Crippen LogP contribution is 2.40. The Morgan fingerprint density at radius 3 is 2.29 bits per heavy atom. The van der Waals surface area contributed by atoms with Crippen LogP contribution in [0.2, 0.25) is 0 Å². The molecule has 2 N–H and O–H groups in total. The van der Waals surface area contributed by atoms with Gasteiger partial charge in [-0.05, 0) is 77.1 Å². The summed E-state index contributed by atoms with van der Waals surface area (Å²) in [6, 6.07) is 7.29. The number of alkyl carbamates (subject to hydrolysis) is 1. The lowest BCUT2D eigenvalue weighted by Gasteiger charge is -2.25. The van der Waals surface area contributed by atoms with Crippen molar-refractivity contribution in [2.24, 2.45) is 5.92 Å². The van der Waals surface area contributed by atoms with Crippen LogP contribution in [0, 0.1) is 27.9 Å². The minimum Gasteiger partial charge on any atom is -0.460 e. The maximum Gasteiger partial charge on any atom is 0.408 e. The number of fused-ring (bicyclic) bond motifs is 1. The van der Waals surface area contributed by atoms with Crippen molar-refractivity contribution in [3.05, 3.63) is 63.6 Å². The number of ether oxygens (including phenoxy) is 5. The molecule has 52 heavy (non-hydrogen) atoms. The largest absolute Gasteiger partial charge is 0.460 e. The van der Waals surface area contributed by atoms with E-state index < -0.39 is 81.6 Å². The van der Waals surface area contributed by atoms with Gasteiger partial charge in [-0.15, -0.1) is 0 Å². The van der Waals surface area contributed by atoms with Crippen LogP contribution in [0.25, 0.3) is 0 Å². The molecule has 0 radical (unpaired) electrons. The third-order valence-corrected chi connectivity index (χ3v) is 8.32. The van der Waals surface area contributed by atoms with Gasteiger partial charge in [-0.1, -0.05) is 19.8 Å². The lowest BCUT2D eigenvalue weighted by molar-refractivity contribution is -0.384. The molecule has 3 heterocycles. The van der Waals surface area contributed by atoms with Crippen molar-refractivity contribution in [2.75, 3.05) is 13.2 Å². The molecule has 2 saturated heterocycles. The van der Waals surface area contributed by atoms with Crippen molar-refractivity contribution in [3.63, 3.8) is 0 Å². The number of nitrogens with zero attached hydrogens (tertiary/aromatic N) is 1. The second-order valence-electron chi connectivity index (χ2n) is 14.0. The van der Waals surface area contributed by atoms with Crippen LogP contribution in [0.3, 0.4) is 0 Å². The smallest absolute Gasteiger partial charge is 0.408 e. The third kappa shape index (κ3) is 11.7. The summed E-state index contributed by atoms with van der Waals surface area (Å²) in [5, 5.41) is 13.2. The predicted octanol–water partition coefficient (Wildman–Crippen LogP) is 3.74. The Morgan fingerprint density at radius 2 is 1.67 bits per heavy atom. The lowest BCUT2D eigenvalue weighted by atomic mass is 10.0. The maximum atomic E-state index is 12.9. The van der Waals surface area contributed by atoms with Crippen LogP contribution in [0.4, 0.5) is 10.5 Å². The van der Waals surface area contributed by atoms with Gasteiger partial charge in [-0.25, -0.2) is 14.3 Å². The molecular formula is C34H43N3O14S. The summed E-state index contributed by atoms with van der Waals surface area (Å²) in [5.74, 6) is 2.73. The van der Waals surface area contributed by atoms with Crippen molar-refractivity contribution in [2.45, 2.75) is 103 Å². The summed E-state index contributed by atoms with van der Waals surface area (Å²) < 4.78 is 66.6. The summed E-state index contributed by atoms with van der Waals surface area (Å²) in [5.41, 5.74) is -0.392. The van der Waals surface area contributed by atoms with Gasteiger partial charge in [-0.3, -0.25) is 19.1 Å². The monoisotopic (exact) mass is 749 g/mol. The van der Waals surface area contributed by atoms with E-state index in [-0.39, 0.29) is 42.6 Å². The molecule has 18 heteroatoms. The number of rotatable bonds is 13. The molecule has 4 rings (SSSR count). The SMILES string of the molecule is CC(C)CC(NC(=O)OC(C)(C)C)C(=O)NS(=O)(=O)OCC1OC(CCOC(=O)c2ccc(C#Cc3ccc([N+](=O)[O-])cc3)o2)C2OC(C)(C)OC12. The number of hydrogen-bond donors (Lipinski definition) is 2. The van der Waals surface area contributed by atoms with E-state index in [4.69, 9.17) is 32.3 Å². The van der Waals surface area contributed by atoms with Gasteiger partial charge < -0.3 is 33.4 Å². The first kappa shape index (κ1) is 40.2. The molecule has 2 amide bonds. The number of nitrogens with one attached hydrogen (secondary N) is 2. The van der Waals surface area contributed by atoms with Crippen LogP contribution >= 0.6 is 0 Å². The molecule has 5 unspecified atom stereocenters. The second kappa shape index (κ2) is 16.4. The molecule has 0 bridgehead atoms. The Labute approximate surface area is 301 Å². The van der Waals surface area contributed by atoms with E-state index >= 15 is 0 Å². The fourth-order valence-corrected chi connectivity index (χ4v) is 6.09. The van der Waals surface area contributed by atoms with Gasteiger partial charge in [0, 0.05) is 24.1 Å². The highest BCUT2D eigenvalue weighted by molar-refractivity contribution is 7.85. The van der Waals surface area contributed by atoms with Crippen LogP contribution in [-0.4, -0.2) is 86.4 Å². The van der Waals surface area contributed by atoms with Crippen LogP contribution in [0.15, 0.2) is 40.8 Å². The van der Waals surface area contributed by atoms with Gasteiger partial charge in [0.05, 0.1) is 24.2 Å². The van der Waals surface area contributed by atoms with E-state index in [0.717, 1.165) is 0 Å². The summed E-state index contributed by atoms with van der Waals surface area (Å²) >= 11 is 0. The zero-order valence-corrected chi connectivity index (χ0v) is 30.6. The van der Waals surface area contributed by atoms with E-state index in [1.807, 2.05) is 4.72 Å². The summed E-state index contributed by atoms with van der Waals surface area (Å²) in [4.78, 5) is 48.2. The van der Waals surface area contributed by atoms with E-state index in [2.05, 4.69) is 17.2 Å². The van der Waals surface area contributed by atoms with Gasteiger partial charge in [0.25, 0.3) is 11.6 Å². The number of nitro groups is 1. The average Bonchev–Trinajstić information content (AvgIpc) is 3.71. The van der Waals surface area contributed by atoms with Crippen LogP contribution in [0.5, 0.6) is 0 Å². The number of esters is 1. The van der Waals surface area contributed by atoms with Gasteiger partial charge in [0.2, 0.25) is 5.76 Å². The molecule has 5 atom stereocenters. The Hall–Kier alpha value is -4.54. The predicted molar refractivity (Wildman–Crippen MR) is 181 cm³/mol. The van der Waals surface area contributed by atoms with Crippen LogP contribution in [0.1, 0.15) is 83.2 Å². The van der Waals surface area contributed by atoms with E-state index in [1.165, 1.54) is 36.4 Å². The number of furan rings is 1. The van der Waals surface area contributed by atoms with Gasteiger partial charge in [-0.2, -0.15) is 8.42 Å². The van der Waals surface area contributed by atoms with Gasteiger partial charge in [0.15, 0.2) is 11.5 Å². The van der Waals surface area contributed by atoms with Crippen molar-refractivity contribution in [1.82, 2.24) is 10.0 Å². The van der Waals surface area contributed by atoms with Crippen molar-refractivity contribution >= 4 is 34.0 Å². The lowest BCUT2D eigenvalue weighted by Crippen LogP contribution is -2.50. The van der Waals surface area contributed by atoms with Crippen molar-refractivity contribution in [1.29, 1.82) is 0 Å². The molecule has 284 valence electrons. The number of carbonyl (C=O) groups is 3. The molecule has 2 aliphatic heterocycles. The standard InChI is InChI=1S/C34H43N3O14S/c1-20(2)18-24(35-32(40)51-33(3,4)5)30(38)36-52(43,44)46-19-27-29-28(49-34(6,7)50-29)25(48-27)16-17-45-31(39)26-15-14-23(47-26)13-10-21-8-11-22(12-9-21)37(41)42/h8-9,11-12,14-15,20,24-25,27-29H,16-19H2,1-7H3,(H,35,40)(H,36,38). The summed E-state index contributed by atoms with van der Waals surface area (Å²) in [7, 11) is -4.66. The zero-order chi connectivity index (χ0) is 38.4. The van der Waals surface area contributed by atoms with E-state index in [1.54, 1.807) is 48.5 Å². The molecule has 1 aromatic heterocycles. The summed E-state index contributed by atoms with van der Waals surface area (Å²) in [6.07, 6.45) is -3.63. The Morgan fingerprint density at radius 1 is 1.02 bits per heavy atom.